The normalized spacial score (nSPS) is 24.4. The van der Waals surface area contributed by atoms with Gasteiger partial charge in [0.15, 0.2) is 5.84 Å². The minimum Gasteiger partial charge on any atom is -0.409 e. The number of carbonyl (C=O) groups excluding carboxylic acids is 1. The van der Waals surface area contributed by atoms with Crippen LogP contribution in [0.5, 0.6) is 0 Å². The summed E-state index contributed by atoms with van der Waals surface area (Å²) in [5.41, 5.74) is 5.14. The number of nitrogens with two attached hydrogens (primary N) is 1. The summed E-state index contributed by atoms with van der Waals surface area (Å²) < 4.78 is 0. The monoisotopic (exact) mass is 239 g/mol. The van der Waals surface area contributed by atoms with Crippen LogP contribution in [0.15, 0.2) is 5.16 Å². The van der Waals surface area contributed by atoms with Crippen LogP contribution in [-0.2, 0) is 4.79 Å². The highest BCUT2D eigenvalue weighted by molar-refractivity contribution is 5.94. The van der Waals surface area contributed by atoms with Crippen molar-refractivity contribution in [2.45, 2.75) is 56.9 Å². The summed E-state index contributed by atoms with van der Waals surface area (Å²) in [6.45, 7) is 0. The van der Waals surface area contributed by atoms with Crippen molar-refractivity contribution in [2.24, 2.45) is 16.8 Å². The predicted octanol–water partition coefficient (Wildman–Crippen LogP) is 1.35. The zero-order valence-electron chi connectivity index (χ0n) is 10.1. The van der Waals surface area contributed by atoms with Crippen LogP contribution in [0.3, 0.4) is 0 Å². The molecule has 2 fully saturated rings. The molecule has 0 saturated heterocycles. The van der Waals surface area contributed by atoms with Crippen molar-refractivity contribution in [3.05, 3.63) is 0 Å². The fourth-order valence-electron chi connectivity index (χ4n) is 2.80. The smallest absolute Gasteiger partial charge is 0.221 e. The molecule has 5 nitrogen and oxygen atoms in total. The topological polar surface area (TPSA) is 87.7 Å². The van der Waals surface area contributed by atoms with E-state index >= 15 is 0 Å². The Balaban J connectivity index is 1.95. The van der Waals surface area contributed by atoms with Crippen LogP contribution in [0.4, 0.5) is 0 Å². The molecule has 0 spiro atoms. The van der Waals surface area contributed by atoms with Crippen LogP contribution in [-0.4, -0.2) is 22.5 Å². The zero-order valence-corrected chi connectivity index (χ0v) is 10.1. The van der Waals surface area contributed by atoms with Crippen molar-refractivity contribution in [3.63, 3.8) is 0 Å². The van der Waals surface area contributed by atoms with Crippen LogP contribution in [0.1, 0.15) is 51.4 Å². The molecule has 0 bridgehead atoms. The minimum atomic E-state index is -0.588. The number of nitrogens with zero attached hydrogens (tertiary/aromatic N) is 1. The number of carbonyl (C=O) groups is 1. The Morgan fingerprint density at radius 2 is 2.00 bits per heavy atom. The van der Waals surface area contributed by atoms with Crippen LogP contribution in [0.25, 0.3) is 0 Å². The highest BCUT2D eigenvalue weighted by Crippen LogP contribution is 2.32. The lowest BCUT2D eigenvalue weighted by Gasteiger charge is -2.31. The Morgan fingerprint density at radius 1 is 1.35 bits per heavy atom. The molecule has 0 aromatic heterocycles. The third-order valence-electron chi connectivity index (χ3n) is 4.13. The van der Waals surface area contributed by atoms with Crippen LogP contribution < -0.4 is 11.1 Å². The SMILES string of the molecule is NC(=NO)C1(NC(=O)CC2CCC2)CCCC1. The second-order valence-electron chi connectivity index (χ2n) is 5.32. The van der Waals surface area contributed by atoms with E-state index in [-0.39, 0.29) is 11.7 Å². The molecule has 1 amide bonds. The van der Waals surface area contributed by atoms with E-state index in [1.165, 1.54) is 6.42 Å². The molecule has 0 radical (unpaired) electrons. The quantitative estimate of drug-likeness (QED) is 0.299. The molecule has 2 rings (SSSR count). The highest BCUT2D eigenvalue weighted by Gasteiger charge is 2.40. The van der Waals surface area contributed by atoms with Gasteiger partial charge in [0, 0.05) is 6.42 Å². The molecule has 2 aliphatic carbocycles. The Bertz CT molecular complexity index is 318. The fourth-order valence-corrected chi connectivity index (χ4v) is 2.80. The maximum Gasteiger partial charge on any atom is 0.221 e. The first kappa shape index (κ1) is 12.2. The number of oxime groups is 1. The van der Waals surface area contributed by atoms with Gasteiger partial charge in [-0.15, -0.1) is 0 Å². The van der Waals surface area contributed by atoms with E-state index in [0.717, 1.165) is 38.5 Å². The molecule has 17 heavy (non-hydrogen) atoms. The number of hydrogen-bond donors (Lipinski definition) is 3. The van der Waals surface area contributed by atoms with Crippen LogP contribution >= 0.6 is 0 Å². The maximum absolute atomic E-state index is 11.9. The first-order valence-corrected chi connectivity index (χ1v) is 6.45. The first-order valence-electron chi connectivity index (χ1n) is 6.45. The molecule has 96 valence electrons. The molecular formula is C12H21N3O2. The summed E-state index contributed by atoms with van der Waals surface area (Å²) in [5, 5.41) is 14.9. The number of nitrogens with one attached hydrogen (secondary N) is 1. The third-order valence-corrected chi connectivity index (χ3v) is 4.13. The molecule has 2 aliphatic rings. The molecule has 0 aromatic rings. The first-order chi connectivity index (χ1) is 8.16. The summed E-state index contributed by atoms with van der Waals surface area (Å²) in [4.78, 5) is 11.9. The van der Waals surface area contributed by atoms with E-state index in [2.05, 4.69) is 10.5 Å². The molecule has 2 saturated carbocycles. The third kappa shape index (κ3) is 2.53. The molecule has 0 atom stereocenters. The van der Waals surface area contributed by atoms with Crippen molar-refractivity contribution < 1.29 is 10.0 Å². The molecule has 0 unspecified atom stereocenters. The lowest BCUT2D eigenvalue weighted by molar-refractivity contribution is -0.123. The van der Waals surface area contributed by atoms with Gasteiger partial charge in [-0.25, -0.2) is 0 Å². The molecule has 5 heteroatoms. The maximum atomic E-state index is 11.9. The molecular weight excluding hydrogens is 218 g/mol. The highest BCUT2D eigenvalue weighted by atomic mass is 16.4. The van der Waals surface area contributed by atoms with Crippen LogP contribution in [0, 0.1) is 5.92 Å². The molecule has 4 N–H and O–H groups in total. The summed E-state index contributed by atoms with van der Waals surface area (Å²) >= 11 is 0. The lowest BCUT2D eigenvalue weighted by Crippen LogP contribution is -2.56. The van der Waals surface area contributed by atoms with E-state index in [4.69, 9.17) is 10.9 Å². The Morgan fingerprint density at radius 3 is 2.47 bits per heavy atom. The predicted molar refractivity (Wildman–Crippen MR) is 64.7 cm³/mol. The van der Waals surface area contributed by atoms with Crippen molar-refractivity contribution >= 4 is 11.7 Å². The van der Waals surface area contributed by atoms with Gasteiger partial charge in [0.1, 0.15) is 5.54 Å². The summed E-state index contributed by atoms with van der Waals surface area (Å²) in [5.74, 6) is 0.737. The number of amides is 1. The molecule has 0 aromatic carbocycles. The number of hydrogen-bond acceptors (Lipinski definition) is 3. The fraction of sp³-hybridized carbons (Fsp3) is 0.833. The van der Waals surface area contributed by atoms with E-state index in [1.807, 2.05) is 0 Å². The van der Waals surface area contributed by atoms with E-state index in [0.29, 0.717) is 12.3 Å². The Hall–Kier alpha value is -1.26. The van der Waals surface area contributed by atoms with Crippen molar-refractivity contribution in [1.29, 1.82) is 0 Å². The van der Waals surface area contributed by atoms with Crippen molar-refractivity contribution in [2.75, 3.05) is 0 Å². The van der Waals surface area contributed by atoms with Gasteiger partial charge in [0.05, 0.1) is 0 Å². The summed E-state index contributed by atoms with van der Waals surface area (Å²) in [6.07, 6.45) is 7.72. The van der Waals surface area contributed by atoms with Gasteiger partial charge in [-0.1, -0.05) is 24.4 Å². The van der Waals surface area contributed by atoms with E-state index in [1.54, 1.807) is 0 Å². The van der Waals surface area contributed by atoms with Gasteiger partial charge in [-0.3, -0.25) is 4.79 Å². The van der Waals surface area contributed by atoms with Crippen molar-refractivity contribution in [1.82, 2.24) is 5.32 Å². The van der Waals surface area contributed by atoms with Crippen LogP contribution in [0.2, 0.25) is 0 Å². The average molecular weight is 239 g/mol. The van der Waals surface area contributed by atoms with Gasteiger partial charge < -0.3 is 16.3 Å². The Labute approximate surface area is 101 Å². The number of rotatable bonds is 4. The molecule has 0 heterocycles. The largest absolute Gasteiger partial charge is 0.409 e. The standard InChI is InChI=1S/C12H21N3O2/c13-11(15-17)12(6-1-2-7-12)14-10(16)8-9-4-3-5-9/h9,17H,1-8H2,(H2,13,15)(H,14,16). The van der Waals surface area contributed by atoms with E-state index < -0.39 is 5.54 Å². The van der Waals surface area contributed by atoms with Gasteiger partial charge in [-0.05, 0) is 31.6 Å². The second kappa shape index (κ2) is 4.94. The molecule has 0 aliphatic heterocycles. The second-order valence-corrected chi connectivity index (χ2v) is 5.32. The average Bonchev–Trinajstić information content (AvgIpc) is 2.72. The van der Waals surface area contributed by atoms with Gasteiger partial charge in [-0.2, -0.15) is 0 Å². The van der Waals surface area contributed by atoms with Gasteiger partial charge in [0.25, 0.3) is 0 Å². The zero-order chi connectivity index (χ0) is 12.3. The lowest BCUT2D eigenvalue weighted by atomic mass is 9.82. The number of amidine groups is 1. The Kier molecular flexibility index (Phi) is 3.54. The summed E-state index contributed by atoms with van der Waals surface area (Å²) in [6, 6.07) is 0. The minimum absolute atomic E-state index is 0.0446. The van der Waals surface area contributed by atoms with Gasteiger partial charge in [0.2, 0.25) is 5.91 Å². The summed E-state index contributed by atoms with van der Waals surface area (Å²) in [7, 11) is 0. The van der Waals surface area contributed by atoms with Crippen molar-refractivity contribution in [3.8, 4) is 0 Å². The van der Waals surface area contributed by atoms with Gasteiger partial charge >= 0.3 is 0 Å². The van der Waals surface area contributed by atoms with E-state index in [9.17, 15) is 4.79 Å².